The summed E-state index contributed by atoms with van der Waals surface area (Å²) in [6.07, 6.45) is 22.1. The minimum absolute atomic E-state index is 0.717. The summed E-state index contributed by atoms with van der Waals surface area (Å²) in [6, 6.07) is 0. The van der Waals surface area contributed by atoms with E-state index in [2.05, 4.69) is 17.5 Å². The smallest absolute Gasteiger partial charge is 0.0679 e. The highest BCUT2D eigenvalue weighted by Gasteiger charge is 1.94. The highest BCUT2D eigenvalue weighted by molar-refractivity contribution is 7.80. The predicted octanol–water partition coefficient (Wildman–Crippen LogP) is 6.05. The van der Waals surface area contributed by atoms with Gasteiger partial charge in [0.25, 0.3) is 0 Å². The summed E-state index contributed by atoms with van der Waals surface area (Å²) in [4.78, 5) is 4.56. The van der Waals surface area contributed by atoms with Gasteiger partial charge in [0, 0.05) is 0 Å². The average Bonchev–Trinajstić information content (AvgIpc) is 2.50. The van der Waals surface area contributed by atoms with Gasteiger partial charge in [-0.25, -0.2) is 5.90 Å². The van der Waals surface area contributed by atoms with Crippen molar-refractivity contribution in [2.24, 2.45) is 5.90 Å². The molecule has 0 aromatic heterocycles. The number of nitrogens with two attached hydrogens (primary N) is 1. The molecule has 0 aliphatic heterocycles. The number of rotatable bonds is 18. The van der Waals surface area contributed by atoms with Crippen molar-refractivity contribution in [3.63, 3.8) is 0 Å². The van der Waals surface area contributed by atoms with E-state index in [1.54, 1.807) is 0 Å². The third-order valence-corrected chi connectivity index (χ3v) is 4.49. The molecule has 0 saturated heterocycles. The molecule has 128 valence electrons. The molecule has 0 aromatic carbocycles. The minimum atomic E-state index is 0.717. The van der Waals surface area contributed by atoms with Gasteiger partial charge in [0.15, 0.2) is 0 Å². The molecule has 0 rings (SSSR count). The topological polar surface area (TPSA) is 35.2 Å². The van der Waals surface area contributed by atoms with Crippen molar-refractivity contribution in [3.05, 3.63) is 0 Å². The zero-order valence-corrected chi connectivity index (χ0v) is 15.1. The zero-order valence-electron chi connectivity index (χ0n) is 14.2. The quantitative estimate of drug-likeness (QED) is 0.183. The van der Waals surface area contributed by atoms with Crippen LogP contribution in [0.4, 0.5) is 0 Å². The highest BCUT2D eigenvalue weighted by Crippen LogP contribution is 2.13. The maximum atomic E-state index is 4.99. The summed E-state index contributed by atoms with van der Waals surface area (Å²) in [5, 5.41) is 0. The van der Waals surface area contributed by atoms with Gasteiger partial charge in [-0.3, -0.25) is 0 Å². The van der Waals surface area contributed by atoms with Crippen LogP contribution in [0.1, 0.15) is 103 Å². The molecule has 0 aromatic rings. The fraction of sp³-hybridized carbons (Fsp3) is 1.00. The van der Waals surface area contributed by atoms with E-state index in [0.29, 0.717) is 0 Å². The third-order valence-electron chi connectivity index (χ3n) is 4.17. The van der Waals surface area contributed by atoms with Crippen molar-refractivity contribution in [1.29, 1.82) is 0 Å². The van der Waals surface area contributed by atoms with Crippen molar-refractivity contribution in [2.75, 3.05) is 12.4 Å². The van der Waals surface area contributed by atoms with Crippen molar-refractivity contribution < 1.29 is 4.84 Å². The van der Waals surface area contributed by atoms with E-state index in [0.717, 1.165) is 18.8 Å². The molecule has 0 atom stereocenters. The van der Waals surface area contributed by atoms with Crippen LogP contribution in [-0.2, 0) is 4.84 Å². The Balaban J connectivity index is 2.90. The summed E-state index contributed by atoms with van der Waals surface area (Å²) in [5.74, 6) is 6.05. The summed E-state index contributed by atoms with van der Waals surface area (Å²) in [7, 11) is 0. The first-order valence-corrected chi connectivity index (χ1v) is 9.97. The van der Waals surface area contributed by atoms with Crippen molar-refractivity contribution in [2.45, 2.75) is 103 Å². The molecule has 0 aliphatic carbocycles. The Bertz CT molecular complexity index is 161. The third kappa shape index (κ3) is 20.3. The van der Waals surface area contributed by atoms with Crippen LogP contribution in [0.25, 0.3) is 0 Å². The maximum Gasteiger partial charge on any atom is 0.0679 e. The Morgan fingerprint density at radius 3 is 1.05 bits per heavy atom. The largest absolute Gasteiger partial charge is 0.305 e. The van der Waals surface area contributed by atoms with Gasteiger partial charge in [-0.05, 0) is 18.6 Å². The van der Waals surface area contributed by atoms with E-state index in [1.165, 1.54) is 96.3 Å². The molecule has 0 fully saturated rings. The first kappa shape index (κ1) is 21.3. The molecule has 3 heteroatoms. The minimum Gasteiger partial charge on any atom is -0.305 e. The second-order valence-electron chi connectivity index (χ2n) is 6.25. The fourth-order valence-electron chi connectivity index (χ4n) is 2.77. The first-order valence-electron chi connectivity index (χ1n) is 9.34. The van der Waals surface area contributed by atoms with Gasteiger partial charge in [-0.15, -0.1) is 0 Å². The van der Waals surface area contributed by atoms with Gasteiger partial charge < -0.3 is 4.84 Å². The summed E-state index contributed by atoms with van der Waals surface area (Å²) < 4.78 is 0. The molecule has 0 aliphatic rings. The van der Waals surface area contributed by atoms with E-state index in [-0.39, 0.29) is 0 Å². The second-order valence-corrected chi connectivity index (χ2v) is 6.70. The zero-order chi connectivity index (χ0) is 15.4. The Morgan fingerprint density at radius 2 is 0.762 bits per heavy atom. The van der Waals surface area contributed by atoms with Crippen molar-refractivity contribution >= 4 is 12.6 Å². The van der Waals surface area contributed by atoms with Gasteiger partial charge >= 0.3 is 0 Å². The summed E-state index contributed by atoms with van der Waals surface area (Å²) in [5.41, 5.74) is 0. The first-order chi connectivity index (χ1) is 10.4. The molecule has 2 N–H and O–H groups in total. The Labute approximate surface area is 139 Å². The molecule has 0 unspecified atom stereocenters. The molecule has 0 radical (unpaired) electrons. The van der Waals surface area contributed by atoms with Gasteiger partial charge in [0.05, 0.1) is 6.61 Å². The Morgan fingerprint density at radius 1 is 0.476 bits per heavy atom. The second kappa shape index (κ2) is 20.3. The molecule has 0 spiro atoms. The van der Waals surface area contributed by atoms with Crippen LogP contribution in [0, 0.1) is 0 Å². The van der Waals surface area contributed by atoms with Crippen LogP contribution in [-0.4, -0.2) is 12.4 Å². The van der Waals surface area contributed by atoms with Gasteiger partial charge in [0.2, 0.25) is 0 Å². The van der Waals surface area contributed by atoms with Crippen LogP contribution in [0.2, 0.25) is 0 Å². The van der Waals surface area contributed by atoms with Crippen LogP contribution >= 0.6 is 12.6 Å². The molecule has 0 heterocycles. The maximum absolute atomic E-state index is 4.99. The summed E-state index contributed by atoms with van der Waals surface area (Å²) >= 11 is 4.24. The standard InChI is InChI=1S/C18H39NOS/c19-20-17-15-13-11-9-7-5-3-1-2-4-6-8-10-12-14-16-18-21/h21H,1-19H2. The van der Waals surface area contributed by atoms with E-state index in [1.807, 2.05) is 0 Å². The molecular formula is C18H39NOS. The monoisotopic (exact) mass is 317 g/mol. The number of thiol groups is 1. The van der Waals surface area contributed by atoms with Crippen LogP contribution in [0.15, 0.2) is 0 Å². The van der Waals surface area contributed by atoms with Crippen molar-refractivity contribution in [3.8, 4) is 0 Å². The predicted molar refractivity (Wildman–Crippen MR) is 97.9 cm³/mol. The number of unbranched alkanes of at least 4 members (excludes halogenated alkanes) is 15. The van der Waals surface area contributed by atoms with E-state index in [9.17, 15) is 0 Å². The lowest BCUT2D eigenvalue weighted by Crippen LogP contribution is -2.00. The van der Waals surface area contributed by atoms with Crippen LogP contribution < -0.4 is 5.90 Å². The fourth-order valence-corrected chi connectivity index (χ4v) is 3.00. The molecule has 0 bridgehead atoms. The van der Waals surface area contributed by atoms with E-state index >= 15 is 0 Å². The molecule has 2 nitrogen and oxygen atoms in total. The molecule has 0 amide bonds. The molecule has 21 heavy (non-hydrogen) atoms. The van der Waals surface area contributed by atoms with Crippen LogP contribution in [0.5, 0.6) is 0 Å². The lowest BCUT2D eigenvalue weighted by Gasteiger charge is -2.03. The molecular weight excluding hydrogens is 278 g/mol. The normalized spacial score (nSPS) is 11.1. The average molecular weight is 318 g/mol. The van der Waals surface area contributed by atoms with Gasteiger partial charge in [-0.1, -0.05) is 89.9 Å². The number of hydrogen-bond acceptors (Lipinski definition) is 3. The highest BCUT2D eigenvalue weighted by atomic mass is 32.1. The van der Waals surface area contributed by atoms with E-state index < -0.39 is 0 Å². The Hall–Kier alpha value is 0.270. The lowest BCUT2D eigenvalue weighted by molar-refractivity contribution is 0.133. The number of hydrogen-bond donors (Lipinski definition) is 2. The van der Waals surface area contributed by atoms with Crippen molar-refractivity contribution in [1.82, 2.24) is 0 Å². The van der Waals surface area contributed by atoms with Gasteiger partial charge in [-0.2, -0.15) is 12.6 Å². The van der Waals surface area contributed by atoms with Gasteiger partial charge in [0.1, 0.15) is 0 Å². The lowest BCUT2D eigenvalue weighted by atomic mass is 10.0. The van der Waals surface area contributed by atoms with Crippen LogP contribution in [0.3, 0.4) is 0 Å². The summed E-state index contributed by atoms with van der Waals surface area (Å²) in [6.45, 7) is 0.717. The Kier molecular flexibility index (Phi) is 20.5. The molecule has 0 saturated carbocycles. The SMILES string of the molecule is NOCCCCCCCCCCCCCCCCCCS. The van der Waals surface area contributed by atoms with E-state index in [4.69, 9.17) is 5.90 Å².